The van der Waals surface area contributed by atoms with Crippen molar-refractivity contribution in [2.45, 2.75) is 0 Å². The first-order chi connectivity index (χ1) is 8.02. The van der Waals surface area contributed by atoms with Gasteiger partial charge in [0.15, 0.2) is 17.3 Å². The lowest BCUT2D eigenvalue weighted by atomic mass is 10.1. The molecule has 0 amide bonds. The van der Waals surface area contributed by atoms with E-state index in [9.17, 15) is 13.6 Å². The van der Waals surface area contributed by atoms with Crippen molar-refractivity contribution in [1.82, 2.24) is 4.98 Å². The van der Waals surface area contributed by atoms with Gasteiger partial charge in [-0.15, -0.1) is 0 Å². The zero-order valence-corrected chi connectivity index (χ0v) is 9.39. The zero-order chi connectivity index (χ0) is 12.6. The average Bonchev–Trinajstić information content (AvgIpc) is 2.30. The first-order valence-electron chi connectivity index (χ1n) is 4.56. The molecule has 1 aromatic heterocycles. The van der Waals surface area contributed by atoms with Gasteiger partial charge in [0.05, 0.1) is 7.11 Å². The van der Waals surface area contributed by atoms with Crippen molar-refractivity contribution in [3.05, 3.63) is 40.7 Å². The van der Waals surface area contributed by atoms with E-state index in [1.165, 1.54) is 13.2 Å². The maximum absolute atomic E-state index is 13.0. The van der Waals surface area contributed by atoms with Crippen LogP contribution in [0.4, 0.5) is 8.78 Å². The molecule has 0 unspecified atom stereocenters. The van der Waals surface area contributed by atoms with Crippen molar-refractivity contribution < 1.29 is 18.3 Å². The van der Waals surface area contributed by atoms with Crippen LogP contribution < -0.4 is 0 Å². The normalized spacial score (nSPS) is 10.6. The third-order valence-corrected chi connectivity index (χ3v) is 2.51. The third kappa shape index (κ3) is 2.06. The Bertz CT molecular complexity index is 616. The molecule has 0 aliphatic heterocycles. The number of fused-ring (bicyclic) bond motifs is 1. The number of pyridine rings is 1. The van der Waals surface area contributed by atoms with Crippen LogP contribution in [0.15, 0.2) is 18.2 Å². The van der Waals surface area contributed by atoms with Crippen LogP contribution in [0.1, 0.15) is 10.5 Å². The van der Waals surface area contributed by atoms with Gasteiger partial charge in [-0.2, -0.15) is 0 Å². The van der Waals surface area contributed by atoms with Crippen molar-refractivity contribution in [3.8, 4) is 0 Å². The molecule has 0 aliphatic rings. The number of rotatable bonds is 1. The number of aromatic nitrogens is 1. The molecule has 17 heavy (non-hydrogen) atoms. The summed E-state index contributed by atoms with van der Waals surface area (Å²) in [7, 11) is 1.19. The van der Waals surface area contributed by atoms with Gasteiger partial charge in [-0.1, -0.05) is 11.6 Å². The van der Waals surface area contributed by atoms with Crippen LogP contribution >= 0.6 is 11.6 Å². The Balaban J connectivity index is 2.73. The fraction of sp³-hybridized carbons (Fsp3) is 0.0909. The summed E-state index contributed by atoms with van der Waals surface area (Å²) in [6.45, 7) is 0. The quantitative estimate of drug-likeness (QED) is 0.582. The summed E-state index contributed by atoms with van der Waals surface area (Å²) in [6, 6.07) is 3.17. The molecule has 2 aromatic rings. The van der Waals surface area contributed by atoms with Crippen LogP contribution in [0.2, 0.25) is 5.15 Å². The number of hydrogen-bond donors (Lipinski definition) is 0. The van der Waals surface area contributed by atoms with Crippen LogP contribution in [0.25, 0.3) is 10.8 Å². The molecule has 3 nitrogen and oxygen atoms in total. The standard InChI is InChI=1S/C11H6ClF2NO2/c1-17-11(16)9-3-5-2-7(13)8(14)4-6(5)10(12)15-9/h2-4H,1H3. The molecular formula is C11H6ClF2NO2. The average molecular weight is 258 g/mol. The molecule has 2 rings (SSSR count). The number of benzene rings is 1. The minimum absolute atomic E-state index is 0.0593. The molecule has 0 spiro atoms. The predicted molar refractivity (Wildman–Crippen MR) is 58.0 cm³/mol. The maximum atomic E-state index is 13.0. The van der Waals surface area contributed by atoms with E-state index >= 15 is 0 Å². The Morgan fingerprint density at radius 1 is 1.29 bits per heavy atom. The number of carbonyl (C=O) groups excluding carboxylic acids is 1. The molecule has 0 radical (unpaired) electrons. The highest BCUT2D eigenvalue weighted by Gasteiger charge is 2.13. The lowest BCUT2D eigenvalue weighted by Gasteiger charge is -2.04. The number of nitrogens with zero attached hydrogens (tertiary/aromatic N) is 1. The van der Waals surface area contributed by atoms with E-state index in [4.69, 9.17) is 11.6 Å². The summed E-state index contributed by atoms with van der Waals surface area (Å²) in [5, 5.41) is 0.435. The van der Waals surface area contributed by atoms with Crippen LogP contribution in [0.5, 0.6) is 0 Å². The second kappa shape index (κ2) is 4.25. The number of carbonyl (C=O) groups is 1. The molecule has 1 aromatic carbocycles. The van der Waals surface area contributed by atoms with Gasteiger partial charge in [0.2, 0.25) is 0 Å². The first-order valence-corrected chi connectivity index (χ1v) is 4.94. The molecule has 6 heteroatoms. The lowest BCUT2D eigenvalue weighted by Crippen LogP contribution is -2.04. The fourth-order valence-electron chi connectivity index (χ4n) is 1.41. The van der Waals surface area contributed by atoms with E-state index < -0.39 is 17.6 Å². The topological polar surface area (TPSA) is 39.2 Å². The second-order valence-corrected chi connectivity index (χ2v) is 3.64. The van der Waals surface area contributed by atoms with Crippen LogP contribution in [-0.2, 0) is 4.74 Å². The number of ether oxygens (including phenoxy) is 1. The number of methoxy groups -OCH3 is 1. The van der Waals surface area contributed by atoms with E-state index in [2.05, 4.69) is 9.72 Å². The van der Waals surface area contributed by atoms with E-state index in [1.54, 1.807) is 0 Å². The maximum Gasteiger partial charge on any atom is 0.356 e. The van der Waals surface area contributed by atoms with Gasteiger partial charge in [0.1, 0.15) is 5.15 Å². The molecular weight excluding hydrogens is 252 g/mol. The van der Waals surface area contributed by atoms with Gasteiger partial charge in [-0.05, 0) is 23.6 Å². The van der Waals surface area contributed by atoms with Gasteiger partial charge in [0, 0.05) is 5.39 Å². The predicted octanol–water partition coefficient (Wildman–Crippen LogP) is 2.95. The molecule has 0 N–H and O–H groups in total. The Morgan fingerprint density at radius 3 is 2.59 bits per heavy atom. The second-order valence-electron chi connectivity index (χ2n) is 3.28. The van der Waals surface area contributed by atoms with Crippen molar-refractivity contribution in [1.29, 1.82) is 0 Å². The minimum Gasteiger partial charge on any atom is -0.464 e. The molecule has 0 bridgehead atoms. The molecule has 1 heterocycles. The Kier molecular flexibility index (Phi) is 2.93. The van der Waals surface area contributed by atoms with Gasteiger partial charge < -0.3 is 4.74 Å². The van der Waals surface area contributed by atoms with E-state index in [-0.39, 0.29) is 21.6 Å². The zero-order valence-electron chi connectivity index (χ0n) is 8.63. The van der Waals surface area contributed by atoms with E-state index in [0.29, 0.717) is 0 Å². The molecule has 0 saturated carbocycles. The molecule has 88 valence electrons. The van der Waals surface area contributed by atoms with Crippen molar-refractivity contribution in [3.63, 3.8) is 0 Å². The highest BCUT2D eigenvalue weighted by Crippen LogP contribution is 2.25. The molecule has 0 aliphatic carbocycles. The Labute approximate surface area is 100.0 Å². The summed E-state index contributed by atoms with van der Waals surface area (Å²) < 4.78 is 30.5. The fourth-order valence-corrected chi connectivity index (χ4v) is 1.67. The lowest BCUT2D eigenvalue weighted by molar-refractivity contribution is 0.0594. The van der Waals surface area contributed by atoms with Crippen molar-refractivity contribution in [2.75, 3.05) is 7.11 Å². The highest BCUT2D eigenvalue weighted by molar-refractivity contribution is 6.34. The molecule has 0 fully saturated rings. The van der Waals surface area contributed by atoms with E-state index in [0.717, 1.165) is 12.1 Å². The Morgan fingerprint density at radius 2 is 1.94 bits per heavy atom. The van der Waals surface area contributed by atoms with Gasteiger partial charge in [0.25, 0.3) is 0 Å². The third-order valence-electron chi connectivity index (χ3n) is 2.22. The highest BCUT2D eigenvalue weighted by atomic mass is 35.5. The molecule has 0 saturated heterocycles. The summed E-state index contributed by atoms with van der Waals surface area (Å²) >= 11 is 5.78. The summed E-state index contributed by atoms with van der Waals surface area (Å²) in [4.78, 5) is 15.0. The monoisotopic (exact) mass is 257 g/mol. The van der Waals surface area contributed by atoms with Crippen molar-refractivity contribution in [2.24, 2.45) is 0 Å². The SMILES string of the molecule is COC(=O)c1cc2cc(F)c(F)cc2c(Cl)n1. The largest absolute Gasteiger partial charge is 0.464 e. The van der Waals surface area contributed by atoms with Crippen molar-refractivity contribution >= 4 is 28.3 Å². The Hall–Kier alpha value is -1.75. The first kappa shape index (κ1) is 11.7. The number of hydrogen-bond acceptors (Lipinski definition) is 3. The van der Waals surface area contributed by atoms with E-state index in [1.807, 2.05) is 0 Å². The van der Waals surface area contributed by atoms with Crippen LogP contribution in [0, 0.1) is 11.6 Å². The van der Waals surface area contributed by atoms with Gasteiger partial charge >= 0.3 is 5.97 Å². The number of esters is 1. The smallest absolute Gasteiger partial charge is 0.356 e. The van der Waals surface area contributed by atoms with Crippen LogP contribution in [0.3, 0.4) is 0 Å². The van der Waals surface area contributed by atoms with Crippen LogP contribution in [-0.4, -0.2) is 18.1 Å². The van der Waals surface area contributed by atoms with Gasteiger partial charge in [-0.3, -0.25) is 0 Å². The van der Waals surface area contributed by atoms with Gasteiger partial charge in [-0.25, -0.2) is 18.6 Å². The summed E-state index contributed by atoms with van der Waals surface area (Å²) in [5.74, 6) is -2.74. The molecule has 0 atom stereocenters. The minimum atomic E-state index is -1.02. The number of halogens is 3. The summed E-state index contributed by atoms with van der Waals surface area (Å²) in [5.41, 5.74) is -0.0593. The summed E-state index contributed by atoms with van der Waals surface area (Å²) in [6.07, 6.45) is 0.